The van der Waals surface area contributed by atoms with E-state index >= 15 is 0 Å². The molecule has 4 heterocycles. The topological polar surface area (TPSA) is 286 Å². The molecule has 8 atom stereocenters. The third kappa shape index (κ3) is 22.8. The molecule has 0 aromatic heterocycles. The Morgan fingerprint density at radius 3 is 0.722 bits per heavy atom. The highest BCUT2D eigenvalue weighted by Gasteiger charge is 2.37. The van der Waals surface area contributed by atoms with Crippen LogP contribution in [0.2, 0.25) is 0 Å². The molecule has 8 N–H and O–H groups in total. The SMILES string of the molecule is C(OCC(COCC1CO1)(COCC1CO1)COCC1CO1)C1CO1.OCC(O)COCC(COCC(O)CO)(COCC(O)CO)COCC(O)CO. The van der Waals surface area contributed by atoms with Crippen LogP contribution in [0.5, 0.6) is 0 Å². The summed E-state index contributed by atoms with van der Waals surface area (Å²) in [6.45, 7) is 4.55. The van der Waals surface area contributed by atoms with Gasteiger partial charge in [-0.05, 0) is 0 Å². The van der Waals surface area contributed by atoms with E-state index in [2.05, 4.69) is 0 Å². The van der Waals surface area contributed by atoms with E-state index in [4.69, 9.17) is 77.3 Å². The summed E-state index contributed by atoms with van der Waals surface area (Å²) in [5, 5.41) is 73.4. The van der Waals surface area contributed by atoms with Gasteiger partial charge in [-0.3, -0.25) is 0 Å². The highest BCUT2D eigenvalue weighted by molar-refractivity contribution is 4.83. The molecule has 54 heavy (non-hydrogen) atoms. The van der Waals surface area contributed by atoms with Crippen molar-refractivity contribution in [2.75, 3.05) is 159 Å². The smallest absolute Gasteiger partial charge is 0.104 e. The molecular formula is C34H64O20. The lowest BCUT2D eigenvalue weighted by Gasteiger charge is -2.34. The van der Waals surface area contributed by atoms with Crippen molar-refractivity contribution in [3.8, 4) is 0 Å². The largest absolute Gasteiger partial charge is 0.394 e. The lowest BCUT2D eigenvalue weighted by Crippen LogP contribution is -2.44. The first-order valence-corrected chi connectivity index (χ1v) is 18.4. The quantitative estimate of drug-likeness (QED) is 0.0276. The summed E-state index contributed by atoms with van der Waals surface area (Å²) in [5.74, 6) is 0. The highest BCUT2D eigenvalue weighted by Crippen LogP contribution is 2.25. The number of aliphatic hydroxyl groups is 8. The van der Waals surface area contributed by atoms with Crippen molar-refractivity contribution >= 4 is 0 Å². The first-order chi connectivity index (χ1) is 26.1. The van der Waals surface area contributed by atoms with Crippen molar-refractivity contribution in [1.29, 1.82) is 0 Å². The van der Waals surface area contributed by atoms with Crippen LogP contribution in [0.25, 0.3) is 0 Å². The van der Waals surface area contributed by atoms with Gasteiger partial charge in [0.05, 0.1) is 169 Å². The third-order valence-electron chi connectivity index (χ3n) is 8.17. The molecule has 4 saturated heterocycles. The van der Waals surface area contributed by atoms with E-state index in [-0.39, 0.29) is 82.7 Å². The van der Waals surface area contributed by atoms with E-state index in [1.807, 2.05) is 0 Å². The standard InChI is InChI=1S/C17H36O12.C17H28O8/c18-1-13(22)5-26-9-17(10-27-6-14(23)2-19,11-28-7-15(24)3-20)12-29-8-16(25)4-21;1(13-5-22-13)18-9-17(10-19-2-14-6-23-14,11-20-3-15-7-24-15)12-21-4-16-8-25-16/h13-16,18-25H,1-12H2;13-16H,1-12H2. The summed E-state index contributed by atoms with van der Waals surface area (Å²) in [6, 6.07) is 0. The minimum Gasteiger partial charge on any atom is -0.394 e. The average molecular weight is 793 g/mol. The van der Waals surface area contributed by atoms with Crippen LogP contribution in [0.3, 0.4) is 0 Å². The Morgan fingerprint density at radius 1 is 0.370 bits per heavy atom. The van der Waals surface area contributed by atoms with Gasteiger partial charge in [-0.2, -0.15) is 0 Å². The Balaban J connectivity index is 0.000000292. The summed E-state index contributed by atoms with van der Waals surface area (Å²) < 4.78 is 66.1. The number of rotatable bonds is 36. The van der Waals surface area contributed by atoms with Gasteiger partial charge >= 0.3 is 0 Å². The summed E-state index contributed by atoms with van der Waals surface area (Å²) in [5.41, 5.74) is -1.37. The van der Waals surface area contributed by atoms with Crippen molar-refractivity contribution in [2.45, 2.75) is 48.8 Å². The van der Waals surface area contributed by atoms with Gasteiger partial charge in [0.2, 0.25) is 0 Å². The van der Waals surface area contributed by atoms with E-state index in [9.17, 15) is 20.4 Å². The first kappa shape index (κ1) is 47.6. The molecule has 0 saturated carbocycles. The zero-order chi connectivity index (χ0) is 39.1. The van der Waals surface area contributed by atoms with Gasteiger partial charge in [-0.25, -0.2) is 0 Å². The number of ether oxygens (including phenoxy) is 12. The monoisotopic (exact) mass is 792 g/mol. The maximum atomic E-state index is 9.45. The minimum absolute atomic E-state index is 0.0796. The lowest BCUT2D eigenvalue weighted by atomic mass is 9.92. The summed E-state index contributed by atoms with van der Waals surface area (Å²) in [7, 11) is 0. The fourth-order valence-corrected chi connectivity index (χ4v) is 4.64. The van der Waals surface area contributed by atoms with Crippen LogP contribution in [0.4, 0.5) is 0 Å². The fourth-order valence-electron chi connectivity index (χ4n) is 4.64. The van der Waals surface area contributed by atoms with Crippen molar-refractivity contribution in [3.63, 3.8) is 0 Å². The zero-order valence-electron chi connectivity index (χ0n) is 31.1. The third-order valence-corrected chi connectivity index (χ3v) is 8.17. The predicted octanol–water partition coefficient (Wildman–Crippen LogP) is -4.91. The molecule has 0 radical (unpaired) electrons. The van der Waals surface area contributed by atoms with Crippen LogP contribution >= 0.6 is 0 Å². The molecule has 0 aromatic carbocycles. The van der Waals surface area contributed by atoms with E-state index in [1.165, 1.54) is 0 Å². The number of hydrogen-bond acceptors (Lipinski definition) is 20. The fraction of sp³-hybridized carbons (Fsp3) is 1.00. The summed E-state index contributed by atoms with van der Waals surface area (Å²) in [4.78, 5) is 0. The molecule has 20 heteroatoms. The van der Waals surface area contributed by atoms with Crippen LogP contribution in [0, 0.1) is 10.8 Å². The van der Waals surface area contributed by atoms with Gasteiger partial charge in [0.1, 0.15) is 48.8 Å². The van der Waals surface area contributed by atoms with Gasteiger partial charge in [-0.1, -0.05) is 0 Å². The maximum absolute atomic E-state index is 9.45. The maximum Gasteiger partial charge on any atom is 0.104 e. The number of hydrogen-bond donors (Lipinski definition) is 8. The first-order valence-electron chi connectivity index (χ1n) is 18.4. The second kappa shape index (κ2) is 27.0. The van der Waals surface area contributed by atoms with Crippen LogP contribution in [-0.4, -0.2) is 248 Å². The molecule has 0 aliphatic carbocycles. The van der Waals surface area contributed by atoms with Crippen molar-refractivity contribution < 1.29 is 97.7 Å². The number of epoxide rings is 4. The van der Waals surface area contributed by atoms with Crippen molar-refractivity contribution in [2.24, 2.45) is 10.8 Å². The molecule has 20 nitrogen and oxygen atoms in total. The molecule has 8 unspecified atom stereocenters. The van der Waals surface area contributed by atoms with Gasteiger partial charge in [-0.15, -0.1) is 0 Å². The molecule has 320 valence electrons. The van der Waals surface area contributed by atoms with Crippen molar-refractivity contribution in [1.82, 2.24) is 0 Å². The normalized spacial score (nSPS) is 25.8. The van der Waals surface area contributed by atoms with Crippen LogP contribution in [0.1, 0.15) is 0 Å². The molecule has 0 aromatic rings. The second-order valence-electron chi connectivity index (χ2n) is 14.3. The Hall–Kier alpha value is -0.800. The summed E-state index contributed by atoms with van der Waals surface area (Å²) in [6.07, 6.45) is -3.45. The van der Waals surface area contributed by atoms with Crippen LogP contribution in [-0.2, 0) is 56.8 Å². The van der Waals surface area contributed by atoms with E-state index < -0.39 is 56.3 Å². The van der Waals surface area contributed by atoms with Gasteiger partial charge in [0, 0.05) is 0 Å². The zero-order valence-corrected chi connectivity index (χ0v) is 31.1. The highest BCUT2D eigenvalue weighted by atomic mass is 16.6. The molecule has 4 rings (SSSR count). The lowest BCUT2D eigenvalue weighted by molar-refractivity contribution is -0.136. The molecule has 4 aliphatic rings. The Morgan fingerprint density at radius 2 is 0.556 bits per heavy atom. The molecular weight excluding hydrogens is 728 g/mol. The molecule has 4 fully saturated rings. The average Bonchev–Trinajstić information content (AvgIpc) is 3.97. The predicted molar refractivity (Wildman–Crippen MR) is 183 cm³/mol. The molecule has 4 aliphatic heterocycles. The van der Waals surface area contributed by atoms with Gasteiger partial charge < -0.3 is 97.7 Å². The number of aliphatic hydroxyl groups excluding tert-OH is 8. The molecule has 0 spiro atoms. The van der Waals surface area contributed by atoms with Crippen LogP contribution < -0.4 is 0 Å². The van der Waals surface area contributed by atoms with Crippen molar-refractivity contribution in [3.05, 3.63) is 0 Å². The van der Waals surface area contributed by atoms with Crippen LogP contribution in [0.15, 0.2) is 0 Å². The Kier molecular flexibility index (Phi) is 23.8. The van der Waals surface area contributed by atoms with Gasteiger partial charge in [0.25, 0.3) is 0 Å². The second-order valence-corrected chi connectivity index (χ2v) is 14.3. The van der Waals surface area contributed by atoms with E-state index in [1.54, 1.807) is 0 Å². The molecule has 0 amide bonds. The summed E-state index contributed by atoms with van der Waals surface area (Å²) >= 11 is 0. The minimum atomic E-state index is -1.10. The Labute approximate surface area is 315 Å². The van der Waals surface area contributed by atoms with Gasteiger partial charge in [0.15, 0.2) is 0 Å². The van der Waals surface area contributed by atoms with E-state index in [0.29, 0.717) is 52.9 Å². The Bertz CT molecular complexity index is 773. The van der Waals surface area contributed by atoms with E-state index in [0.717, 1.165) is 26.4 Å². The molecule has 0 bridgehead atoms.